The van der Waals surface area contributed by atoms with E-state index in [2.05, 4.69) is 26.7 Å². The maximum absolute atomic E-state index is 15.4. The standard InChI is InChI=1S/C12H17F3N4O12P4/c13-3-12(15)7(20)5(2-28-33(22,23)30-34(24,25)31-35(26,27)32)29-10(12)19-1-4(14)6-8(19)17-11(16)18-9(6)21/h1,5,7,10,20,26-27,32H,2-3H2,(H,22,23)(H,24,25)(H3,16,17,18,21)/t5-,7+,10-,12?/m1/s1. The SMILES string of the molecule is Nc1nc2c(c(F)cn2[C@@H]2O[C@H](COP(=O)(O)OP(=O)(O)OP(O)(O)=P)[C@H](O)C2(F)CF)c(=O)[nH]1. The molecular formula is C12H17F3N4O12P4. The number of alkyl halides is 2. The summed E-state index contributed by atoms with van der Waals surface area (Å²) in [5.41, 5.74) is 0.427. The molecule has 35 heavy (non-hydrogen) atoms. The third kappa shape index (κ3) is 6.05. The van der Waals surface area contributed by atoms with Gasteiger partial charge in [0.2, 0.25) is 11.6 Å². The van der Waals surface area contributed by atoms with Crippen molar-refractivity contribution in [3.63, 3.8) is 0 Å². The molecule has 1 aliphatic rings. The third-order valence-electron chi connectivity index (χ3n) is 4.50. The summed E-state index contributed by atoms with van der Waals surface area (Å²) in [6, 6.07) is 0. The molecule has 6 atom stereocenters. The predicted octanol–water partition coefficient (Wildman–Crippen LogP) is 0.438. The van der Waals surface area contributed by atoms with Crippen LogP contribution in [0.4, 0.5) is 19.1 Å². The number of halogens is 3. The van der Waals surface area contributed by atoms with Crippen LogP contribution in [0.5, 0.6) is 0 Å². The molecule has 1 fully saturated rings. The summed E-state index contributed by atoms with van der Waals surface area (Å²) in [4.78, 5) is 54.4. The summed E-state index contributed by atoms with van der Waals surface area (Å²) in [6.45, 7) is -3.21. The highest BCUT2D eigenvalue weighted by molar-refractivity contribution is 7.91. The van der Waals surface area contributed by atoms with Gasteiger partial charge in [0.15, 0.2) is 17.7 Å². The Hall–Kier alpha value is -1.16. The van der Waals surface area contributed by atoms with Gasteiger partial charge >= 0.3 is 15.6 Å². The van der Waals surface area contributed by atoms with Crippen molar-refractivity contribution in [2.24, 2.45) is 0 Å². The zero-order valence-corrected chi connectivity index (χ0v) is 20.4. The number of fused-ring (bicyclic) bond motifs is 1. The Bertz CT molecular complexity index is 1330. The lowest BCUT2D eigenvalue weighted by Gasteiger charge is -2.26. The zero-order chi connectivity index (χ0) is 26.6. The molecule has 8 N–H and O–H groups in total. The fraction of sp³-hybridized carbons (Fsp3) is 0.500. The number of aliphatic hydroxyl groups is 1. The largest absolute Gasteiger partial charge is 0.488 e. The number of hydrogen-bond donors (Lipinski definition) is 7. The number of H-pyrrole nitrogens is 1. The first-order chi connectivity index (χ1) is 15.9. The summed E-state index contributed by atoms with van der Waals surface area (Å²) in [5.74, 6) is -1.74. The molecule has 23 heteroatoms. The van der Waals surface area contributed by atoms with Crippen molar-refractivity contribution in [2.45, 2.75) is 24.1 Å². The second-order valence-electron chi connectivity index (χ2n) is 7.01. The summed E-state index contributed by atoms with van der Waals surface area (Å²) >= 11 is 0. The van der Waals surface area contributed by atoms with Crippen LogP contribution in [-0.2, 0) is 27.0 Å². The second kappa shape index (κ2) is 9.62. The van der Waals surface area contributed by atoms with Crippen molar-refractivity contribution in [1.29, 1.82) is 0 Å². The predicted molar refractivity (Wildman–Crippen MR) is 112 cm³/mol. The van der Waals surface area contributed by atoms with Crippen molar-refractivity contribution in [2.75, 3.05) is 19.0 Å². The van der Waals surface area contributed by atoms with Crippen LogP contribution in [0.15, 0.2) is 11.0 Å². The lowest BCUT2D eigenvalue weighted by atomic mass is 9.97. The number of ether oxygens (including phenoxy) is 1. The van der Waals surface area contributed by atoms with Crippen molar-refractivity contribution < 1.29 is 64.9 Å². The smallest absolute Gasteiger partial charge is 0.387 e. The van der Waals surface area contributed by atoms with E-state index in [4.69, 9.17) is 20.3 Å². The number of nitrogen functional groups attached to an aromatic ring is 1. The molecule has 0 aromatic carbocycles. The van der Waals surface area contributed by atoms with Crippen LogP contribution in [0, 0.1) is 5.82 Å². The van der Waals surface area contributed by atoms with Gasteiger partial charge in [0.25, 0.3) is 12.8 Å². The van der Waals surface area contributed by atoms with Crippen molar-refractivity contribution in [3.05, 3.63) is 22.4 Å². The minimum Gasteiger partial charge on any atom is -0.387 e. The number of aliphatic hydroxyl groups excluding tert-OH is 1. The average Bonchev–Trinajstić information content (AvgIpc) is 3.12. The normalized spacial score (nSPS) is 28.7. The van der Waals surface area contributed by atoms with E-state index in [1.165, 1.54) is 0 Å². The topological polar surface area (TPSA) is 249 Å². The summed E-state index contributed by atoms with van der Waals surface area (Å²) in [5, 5.41) is 9.57. The Labute approximate surface area is 193 Å². The maximum atomic E-state index is 15.4. The van der Waals surface area contributed by atoms with Crippen LogP contribution in [0.1, 0.15) is 6.23 Å². The molecule has 3 rings (SSSR count). The number of rotatable bonds is 9. The van der Waals surface area contributed by atoms with Crippen molar-refractivity contribution in [3.8, 4) is 0 Å². The minimum atomic E-state index is -5.61. The van der Waals surface area contributed by atoms with Gasteiger partial charge in [0.1, 0.15) is 24.3 Å². The van der Waals surface area contributed by atoms with E-state index in [0.29, 0.717) is 10.8 Å². The molecule has 0 bridgehead atoms. The van der Waals surface area contributed by atoms with Gasteiger partial charge in [0, 0.05) is 6.20 Å². The first-order valence-electron chi connectivity index (χ1n) is 8.86. The number of hydrogen-bond acceptors (Lipinski definition) is 10. The molecule has 0 saturated carbocycles. The summed E-state index contributed by atoms with van der Waals surface area (Å²) in [7, 11) is -13.7. The van der Waals surface area contributed by atoms with E-state index in [9.17, 15) is 37.6 Å². The van der Waals surface area contributed by atoms with Crippen LogP contribution in [0.25, 0.3) is 11.0 Å². The fourth-order valence-corrected chi connectivity index (χ4v) is 7.20. The molecular weight excluding hydrogens is 573 g/mol. The van der Waals surface area contributed by atoms with Gasteiger partial charge in [-0.15, -0.1) is 0 Å². The van der Waals surface area contributed by atoms with Crippen LogP contribution >= 0.6 is 31.4 Å². The van der Waals surface area contributed by atoms with Gasteiger partial charge in [-0.05, 0) is 8.53 Å². The Morgan fingerprint density at radius 1 is 1.29 bits per heavy atom. The molecule has 0 amide bonds. The van der Waals surface area contributed by atoms with E-state index >= 15 is 4.39 Å². The molecule has 3 unspecified atom stereocenters. The van der Waals surface area contributed by atoms with Crippen LogP contribution in [0.2, 0.25) is 0 Å². The number of nitrogens with zero attached hydrogens (tertiary/aromatic N) is 2. The maximum Gasteiger partial charge on any atom is 0.488 e. The highest BCUT2D eigenvalue weighted by Gasteiger charge is 2.59. The molecule has 16 nitrogen and oxygen atoms in total. The Kier molecular flexibility index (Phi) is 7.81. The highest BCUT2D eigenvalue weighted by atomic mass is 31.8. The lowest BCUT2D eigenvalue weighted by Crippen LogP contribution is -2.45. The Morgan fingerprint density at radius 3 is 2.49 bits per heavy atom. The van der Waals surface area contributed by atoms with Gasteiger partial charge in [-0.3, -0.25) is 18.9 Å². The molecule has 0 aliphatic carbocycles. The van der Waals surface area contributed by atoms with Gasteiger partial charge in [-0.1, -0.05) is 0 Å². The van der Waals surface area contributed by atoms with E-state index in [1.54, 1.807) is 0 Å². The van der Waals surface area contributed by atoms with Crippen LogP contribution in [-0.4, -0.2) is 70.4 Å². The minimum absolute atomic E-state index is 0.514. The quantitative estimate of drug-likeness (QED) is 0.196. The van der Waals surface area contributed by atoms with E-state index in [-0.39, 0.29) is 0 Å². The summed E-state index contributed by atoms with van der Waals surface area (Å²) in [6.07, 6.45) is -6.09. The van der Waals surface area contributed by atoms with Gasteiger partial charge < -0.3 is 35.2 Å². The molecule has 0 radical (unpaired) electrons. The van der Waals surface area contributed by atoms with Crippen LogP contribution in [0.3, 0.4) is 0 Å². The average molecular weight is 590 g/mol. The second-order valence-corrected chi connectivity index (χ2v) is 13.3. The lowest BCUT2D eigenvalue weighted by molar-refractivity contribution is -0.0685. The molecule has 3 heterocycles. The summed E-state index contributed by atoms with van der Waals surface area (Å²) < 4.78 is 84.6. The van der Waals surface area contributed by atoms with Crippen molar-refractivity contribution in [1.82, 2.24) is 14.5 Å². The number of nitrogens with one attached hydrogen (secondary N) is 1. The van der Waals surface area contributed by atoms with Crippen molar-refractivity contribution >= 4 is 48.4 Å². The first kappa shape index (κ1) is 28.4. The number of aromatic amines is 1. The molecule has 2 aromatic rings. The highest BCUT2D eigenvalue weighted by Crippen LogP contribution is 2.67. The first-order valence-corrected chi connectivity index (χ1v) is 14.8. The molecule has 1 aliphatic heterocycles. The molecule has 0 spiro atoms. The number of aromatic nitrogens is 3. The molecule has 1 saturated heterocycles. The van der Waals surface area contributed by atoms with Crippen LogP contribution < -0.4 is 11.3 Å². The fourth-order valence-electron chi connectivity index (χ4n) is 3.17. The Morgan fingerprint density at radius 2 is 1.91 bits per heavy atom. The van der Waals surface area contributed by atoms with E-state index < -0.39 is 88.6 Å². The third-order valence-corrected chi connectivity index (χ3v) is 9.09. The number of phosphoric acid groups is 2. The van der Waals surface area contributed by atoms with Gasteiger partial charge in [-0.25, -0.2) is 26.6 Å². The number of anilines is 1. The van der Waals surface area contributed by atoms with Gasteiger partial charge in [-0.2, -0.15) is 9.29 Å². The zero-order valence-electron chi connectivity index (χ0n) is 16.8. The molecule has 2 aromatic heterocycles. The Balaban J connectivity index is 1.86. The monoisotopic (exact) mass is 590 g/mol. The number of nitrogens with two attached hydrogens (primary N) is 1. The van der Waals surface area contributed by atoms with Gasteiger partial charge in [0.05, 0.1) is 6.61 Å². The molecule has 198 valence electrons. The van der Waals surface area contributed by atoms with E-state index in [1.807, 2.05) is 4.98 Å². The number of phosphoric ester groups is 1. The van der Waals surface area contributed by atoms with E-state index in [0.717, 1.165) is 0 Å².